The van der Waals surface area contributed by atoms with Crippen LogP contribution in [0.5, 0.6) is 0 Å². The third-order valence-corrected chi connectivity index (χ3v) is 3.32. The third-order valence-electron chi connectivity index (χ3n) is 3.32. The van der Waals surface area contributed by atoms with Gasteiger partial charge in [0.2, 0.25) is 0 Å². The molecule has 5 heteroatoms. The van der Waals surface area contributed by atoms with Crippen LogP contribution in [0.2, 0.25) is 0 Å². The Morgan fingerprint density at radius 1 is 1.32 bits per heavy atom. The van der Waals surface area contributed by atoms with E-state index in [-0.39, 0.29) is 0 Å². The van der Waals surface area contributed by atoms with E-state index in [1.54, 1.807) is 0 Å². The average Bonchev–Trinajstić information content (AvgIpc) is 3.04. The maximum absolute atomic E-state index is 4.39. The summed E-state index contributed by atoms with van der Waals surface area (Å²) in [5.74, 6) is 0. The van der Waals surface area contributed by atoms with Crippen LogP contribution in [0.4, 0.5) is 5.69 Å². The molecule has 0 amide bonds. The molecule has 0 aromatic carbocycles. The fourth-order valence-corrected chi connectivity index (χ4v) is 2.05. The molecule has 2 rings (SSSR count). The van der Waals surface area contributed by atoms with Crippen LogP contribution >= 0.6 is 0 Å². The molecule has 0 aliphatic rings. The van der Waals surface area contributed by atoms with Gasteiger partial charge in [0.15, 0.2) is 0 Å². The minimum atomic E-state index is 0.439. The third kappa shape index (κ3) is 3.36. The Hall–Kier alpha value is -1.78. The van der Waals surface area contributed by atoms with Crippen molar-refractivity contribution in [1.82, 2.24) is 19.6 Å². The number of nitrogens with zero attached hydrogens (tertiary/aromatic N) is 4. The predicted octanol–water partition coefficient (Wildman–Crippen LogP) is 3.07. The van der Waals surface area contributed by atoms with Gasteiger partial charge in [-0.1, -0.05) is 13.8 Å². The molecule has 1 unspecified atom stereocenters. The SMILES string of the molecule is CCCn1cc(NCc2ccnn2C(C)CC)cn1. The zero-order chi connectivity index (χ0) is 13.7. The number of hydrogen-bond donors (Lipinski definition) is 1. The van der Waals surface area contributed by atoms with E-state index >= 15 is 0 Å². The average molecular weight is 261 g/mol. The highest BCUT2D eigenvalue weighted by Crippen LogP contribution is 2.14. The Bertz CT molecular complexity index is 499. The number of aryl methyl sites for hydroxylation is 1. The van der Waals surface area contributed by atoms with Gasteiger partial charge in [-0.2, -0.15) is 10.2 Å². The topological polar surface area (TPSA) is 47.7 Å². The van der Waals surface area contributed by atoms with Crippen LogP contribution in [-0.4, -0.2) is 19.6 Å². The summed E-state index contributed by atoms with van der Waals surface area (Å²) in [6.07, 6.45) is 7.97. The monoisotopic (exact) mass is 261 g/mol. The Morgan fingerprint density at radius 2 is 2.16 bits per heavy atom. The summed E-state index contributed by atoms with van der Waals surface area (Å²) in [7, 11) is 0. The summed E-state index contributed by atoms with van der Waals surface area (Å²) in [6.45, 7) is 8.27. The van der Waals surface area contributed by atoms with E-state index in [1.165, 1.54) is 5.69 Å². The smallest absolute Gasteiger partial charge is 0.0729 e. The quantitative estimate of drug-likeness (QED) is 0.833. The lowest BCUT2D eigenvalue weighted by Gasteiger charge is -2.14. The van der Waals surface area contributed by atoms with Crippen molar-refractivity contribution in [3.63, 3.8) is 0 Å². The van der Waals surface area contributed by atoms with Gasteiger partial charge in [0.25, 0.3) is 0 Å². The van der Waals surface area contributed by atoms with Gasteiger partial charge < -0.3 is 5.32 Å². The molecule has 0 saturated carbocycles. The van der Waals surface area contributed by atoms with Crippen molar-refractivity contribution in [1.29, 1.82) is 0 Å². The Kier molecular flexibility index (Phi) is 4.60. The van der Waals surface area contributed by atoms with E-state index < -0.39 is 0 Å². The van der Waals surface area contributed by atoms with Gasteiger partial charge in [0, 0.05) is 25.0 Å². The molecular weight excluding hydrogens is 238 g/mol. The molecule has 0 saturated heterocycles. The second kappa shape index (κ2) is 6.41. The molecule has 0 bridgehead atoms. The molecule has 2 aromatic rings. The molecule has 0 aliphatic carbocycles. The highest BCUT2D eigenvalue weighted by molar-refractivity contribution is 5.38. The fourth-order valence-electron chi connectivity index (χ4n) is 2.05. The van der Waals surface area contributed by atoms with Crippen molar-refractivity contribution in [2.75, 3.05) is 5.32 Å². The van der Waals surface area contributed by atoms with Crippen molar-refractivity contribution in [2.45, 2.75) is 52.7 Å². The van der Waals surface area contributed by atoms with Gasteiger partial charge in [0.05, 0.1) is 24.1 Å². The maximum atomic E-state index is 4.39. The van der Waals surface area contributed by atoms with Crippen molar-refractivity contribution >= 4 is 5.69 Å². The van der Waals surface area contributed by atoms with Crippen LogP contribution in [0.3, 0.4) is 0 Å². The normalized spacial score (nSPS) is 12.6. The summed E-state index contributed by atoms with van der Waals surface area (Å²) >= 11 is 0. The molecule has 0 spiro atoms. The Labute approximate surface area is 114 Å². The molecule has 2 heterocycles. The first-order chi connectivity index (χ1) is 9.24. The van der Waals surface area contributed by atoms with Crippen LogP contribution in [0.25, 0.3) is 0 Å². The zero-order valence-electron chi connectivity index (χ0n) is 12.0. The lowest BCUT2D eigenvalue weighted by atomic mass is 10.2. The van der Waals surface area contributed by atoms with Crippen LogP contribution in [-0.2, 0) is 13.1 Å². The van der Waals surface area contributed by atoms with Crippen LogP contribution in [0.1, 0.15) is 45.3 Å². The van der Waals surface area contributed by atoms with E-state index in [9.17, 15) is 0 Å². The van der Waals surface area contributed by atoms with Gasteiger partial charge in [-0.05, 0) is 25.8 Å². The summed E-state index contributed by atoms with van der Waals surface area (Å²) in [4.78, 5) is 0. The summed E-state index contributed by atoms with van der Waals surface area (Å²) < 4.78 is 4.05. The largest absolute Gasteiger partial charge is 0.377 e. The standard InChI is InChI=1S/C14H23N5/c1-4-8-18-11-13(9-17-18)15-10-14-6-7-16-19(14)12(3)5-2/h6-7,9,11-12,15H,4-5,8,10H2,1-3H3. The van der Waals surface area contributed by atoms with E-state index in [1.807, 2.05) is 23.3 Å². The molecule has 19 heavy (non-hydrogen) atoms. The van der Waals surface area contributed by atoms with E-state index in [0.29, 0.717) is 6.04 Å². The van der Waals surface area contributed by atoms with Gasteiger partial charge in [-0.15, -0.1) is 0 Å². The first-order valence-electron chi connectivity index (χ1n) is 7.03. The molecule has 2 aromatic heterocycles. The minimum absolute atomic E-state index is 0.439. The van der Waals surface area contributed by atoms with Gasteiger partial charge >= 0.3 is 0 Å². The predicted molar refractivity (Wildman–Crippen MR) is 77.1 cm³/mol. The van der Waals surface area contributed by atoms with Gasteiger partial charge in [-0.3, -0.25) is 9.36 Å². The van der Waals surface area contributed by atoms with Crippen LogP contribution < -0.4 is 5.32 Å². The molecule has 1 atom stereocenters. The number of rotatable bonds is 7. The number of anilines is 1. The second-order valence-electron chi connectivity index (χ2n) is 4.87. The van der Waals surface area contributed by atoms with Crippen molar-refractivity contribution in [3.8, 4) is 0 Å². The number of aromatic nitrogens is 4. The molecular formula is C14H23N5. The van der Waals surface area contributed by atoms with Gasteiger partial charge in [-0.25, -0.2) is 0 Å². The van der Waals surface area contributed by atoms with Crippen molar-refractivity contribution in [2.24, 2.45) is 0 Å². The molecule has 104 valence electrons. The summed E-state index contributed by atoms with van der Waals surface area (Å²) in [5, 5.41) is 12.1. The molecule has 0 aliphatic heterocycles. The summed E-state index contributed by atoms with van der Waals surface area (Å²) in [5.41, 5.74) is 2.27. The molecule has 0 radical (unpaired) electrons. The highest BCUT2D eigenvalue weighted by atomic mass is 15.3. The van der Waals surface area contributed by atoms with E-state index in [2.05, 4.69) is 47.0 Å². The lowest BCUT2D eigenvalue weighted by Crippen LogP contribution is -2.12. The summed E-state index contributed by atoms with van der Waals surface area (Å²) in [6, 6.07) is 2.50. The van der Waals surface area contributed by atoms with Gasteiger partial charge in [0.1, 0.15) is 0 Å². The first kappa shape index (κ1) is 13.6. The van der Waals surface area contributed by atoms with E-state index in [0.717, 1.165) is 31.6 Å². The Balaban J connectivity index is 1.96. The fraction of sp³-hybridized carbons (Fsp3) is 0.571. The number of hydrogen-bond acceptors (Lipinski definition) is 3. The van der Waals surface area contributed by atoms with Crippen LogP contribution in [0.15, 0.2) is 24.7 Å². The second-order valence-corrected chi connectivity index (χ2v) is 4.87. The van der Waals surface area contributed by atoms with Crippen LogP contribution in [0, 0.1) is 0 Å². The first-order valence-corrected chi connectivity index (χ1v) is 7.03. The van der Waals surface area contributed by atoms with Crippen molar-refractivity contribution in [3.05, 3.63) is 30.4 Å². The van der Waals surface area contributed by atoms with Crippen molar-refractivity contribution < 1.29 is 0 Å². The maximum Gasteiger partial charge on any atom is 0.0729 e. The Morgan fingerprint density at radius 3 is 2.89 bits per heavy atom. The minimum Gasteiger partial charge on any atom is -0.377 e. The number of nitrogens with one attached hydrogen (secondary N) is 1. The molecule has 1 N–H and O–H groups in total. The highest BCUT2D eigenvalue weighted by Gasteiger charge is 2.08. The lowest BCUT2D eigenvalue weighted by molar-refractivity contribution is 0.462. The zero-order valence-corrected chi connectivity index (χ0v) is 12.0. The molecule has 0 fully saturated rings. The molecule has 5 nitrogen and oxygen atoms in total. The van der Waals surface area contributed by atoms with E-state index in [4.69, 9.17) is 0 Å².